The molecule has 1 atom stereocenters. The Labute approximate surface area is 140 Å². The molecule has 1 aromatic heterocycles. The minimum absolute atomic E-state index is 0. The van der Waals surface area contributed by atoms with E-state index in [9.17, 15) is 4.79 Å². The minimum atomic E-state index is -0.222. The number of halogens is 2. The van der Waals surface area contributed by atoms with Crippen LogP contribution in [0, 0.1) is 13.8 Å². The molecular formula is C16H20BrClNO2+. The van der Waals surface area contributed by atoms with Gasteiger partial charge in [0.05, 0.1) is 0 Å². The summed E-state index contributed by atoms with van der Waals surface area (Å²) in [7, 11) is 0. The minimum Gasteiger partial charge on any atom is -0.412 e. The third kappa shape index (κ3) is 4.92. The first-order valence-electron chi connectivity index (χ1n) is 6.26. The number of hydrogen-bond acceptors (Lipinski definition) is 1. The van der Waals surface area contributed by atoms with Crippen LogP contribution in [0.15, 0.2) is 42.7 Å². The number of aryl methyl sites for hydroxylation is 2. The first kappa shape index (κ1) is 19.8. The van der Waals surface area contributed by atoms with Gasteiger partial charge in [0.15, 0.2) is 12.4 Å². The van der Waals surface area contributed by atoms with Crippen LogP contribution >= 0.6 is 28.6 Å². The van der Waals surface area contributed by atoms with E-state index in [-0.39, 0.29) is 34.3 Å². The van der Waals surface area contributed by atoms with Gasteiger partial charge in [0.2, 0.25) is 11.8 Å². The summed E-state index contributed by atoms with van der Waals surface area (Å²) < 4.78 is 1.96. The molecule has 5 heteroatoms. The largest absolute Gasteiger partial charge is 0.412 e. The molecule has 1 aromatic carbocycles. The smallest absolute Gasteiger partial charge is 0.230 e. The van der Waals surface area contributed by atoms with Gasteiger partial charge in [-0.3, -0.25) is 4.79 Å². The summed E-state index contributed by atoms with van der Waals surface area (Å²) in [4.78, 5) is 12.4. The van der Waals surface area contributed by atoms with Crippen LogP contribution in [0.4, 0.5) is 0 Å². The maximum Gasteiger partial charge on any atom is 0.230 e. The van der Waals surface area contributed by atoms with Gasteiger partial charge >= 0.3 is 0 Å². The number of rotatable bonds is 3. The lowest BCUT2D eigenvalue weighted by Gasteiger charge is -2.08. The summed E-state index contributed by atoms with van der Waals surface area (Å²) in [5.74, 6) is 0.0895. The quantitative estimate of drug-likeness (QED) is 0.600. The van der Waals surface area contributed by atoms with Crippen molar-refractivity contribution in [3.8, 4) is 0 Å². The Morgan fingerprint density at radius 3 is 2.05 bits per heavy atom. The Morgan fingerprint density at radius 1 is 1.10 bits per heavy atom. The highest BCUT2D eigenvalue weighted by Gasteiger charge is 2.23. The highest BCUT2D eigenvalue weighted by molar-refractivity contribution is 8.93. The fourth-order valence-corrected chi connectivity index (χ4v) is 2.28. The number of ketones is 1. The molecule has 1 unspecified atom stereocenters. The van der Waals surface area contributed by atoms with Crippen molar-refractivity contribution in [2.75, 3.05) is 0 Å². The van der Waals surface area contributed by atoms with Crippen molar-refractivity contribution in [2.24, 2.45) is 0 Å². The average molecular weight is 374 g/mol. The Bertz CT molecular complexity index is 594. The SMILES string of the molecule is Br.Cc1cc(C)c[n+](C(C)C(=O)c2ccc(Cl)cc2)c1.O. The third-order valence-corrected chi connectivity index (χ3v) is 3.37. The molecule has 0 bridgehead atoms. The van der Waals surface area contributed by atoms with Crippen LogP contribution in [0.3, 0.4) is 0 Å². The second-order valence-corrected chi connectivity index (χ2v) is 5.32. The number of pyridine rings is 1. The molecule has 0 saturated heterocycles. The first-order chi connectivity index (χ1) is 8.97. The van der Waals surface area contributed by atoms with E-state index in [2.05, 4.69) is 6.07 Å². The van der Waals surface area contributed by atoms with Crippen molar-refractivity contribution in [3.05, 3.63) is 64.4 Å². The summed E-state index contributed by atoms with van der Waals surface area (Å²) in [5, 5.41) is 0.642. The molecule has 0 saturated carbocycles. The molecule has 0 radical (unpaired) electrons. The fourth-order valence-electron chi connectivity index (χ4n) is 2.16. The Kier molecular flexibility index (Phi) is 7.79. The van der Waals surface area contributed by atoms with E-state index in [4.69, 9.17) is 11.6 Å². The molecule has 2 aromatic rings. The van der Waals surface area contributed by atoms with Gasteiger partial charge in [-0.1, -0.05) is 11.6 Å². The number of hydrogen-bond donors (Lipinski definition) is 0. The summed E-state index contributed by atoms with van der Waals surface area (Å²) >= 11 is 5.84. The monoisotopic (exact) mass is 372 g/mol. The third-order valence-electron chi connectivity index (χ3n) is 3.12. The molecule has 0 aliphatic heterocycles. The predicted molar refractivity (Wildman–Crippen MR) is 90.5 cm³/mol. The normalized spacial score (nSPS) is 11.0. The number of carbonyl (C=O) groups excluding carboxylic acids is 1. The van der Waals surface area contributed by atoms with Gasteiger partial charge in [-0.15, -0.1) is 17.0 Å². The van der Waals surface area contributed by atoms with E-state index >= 15 is 0 Å². The maximum atomic E-state index is 12.4. The van der Waals surface area contributed by atoms with Crippen molar-refractivity contribution < 1.29 is 14.8 Å². The van der Waals surface area contributed by atoms with Crippen LogP contribution in [-0.4, -0.2) is 11.3 Å². The van der Waals surface area contributed by atoms with Crippen LogP contribution in [0.2, 0.25) is 5.02 Å². The lowest BCUT2D eigenvalue weighted by atomic mass is 10.0. The first-order valence-corrected chi connectivity index (χ1v) is 6.64. The highest BCUT2D eigenvalue weighted by Crippen LogP contribution is 2.14. The van der Waals surface area contributed by atoms with Crippen LogP contribution in [0.1, 0.15) is 34.5 Å². The van der Waals surface area contributed by atoms with Crippen molar-refractivity contribution >= 4 is 34.4 Å². The second-order valence-electron chi connectivity index (χ2n) is 4.88. The molecule has 1 heterocycles. The van der Waals surface area contributed by atoms with Crippen LogP contribution in [-0.2, 0) is 0 Å². The molecule has 0 fully saturated rings. The molecule has 2 N–H and O–H groups in total. The number of aromatic nitrogens is 1. The molecular weight excluding hydrogens is 354 g/mol. The zero-order chi connectivity index (χ0) is 14.0. The van der Waals surface area contributed by atoms with E-state index < -0.39 is 0 Å². The van der Waals surface area contributed by atoms with Gasteiger partial charge in [-0.05, 0) is 44.2 Å². The molecule has 3 nitrogen and oxygen atoms in total. The Morgan fingerprint density at radius 2 is 1.57 bits per heavy atom. The zero-order valence-corrected chi connectivity index (χ0v) is 14.7. The fraction of sp³-hybridized carbons (Fsp3) is 0.250. The van der Waals surface area contributed by atoms with Gasteiger partial charge < -0.3 is 5.48 Å². The van der Waals surface area contributed by atoms with Gasteiger partial charge in [-0.2, -0.15) is 4.57 Å². The van der Waals surface area contributed by atoms with E-state index in [0.29, 0.717) is 10.6 Å². The number of Topliss-reactive ketones (excluding diaryl/α,β-unsaturated/α-hetero) is 1. The van der Waals surface area contributed by atoms with E-state index in [1.807, 2.05) is 37.7 Å². The standard InChI is InChI=1S/C16H17ClNO.BrH.H2O/c1-11-8-12(2)10-18(9-11)13(3)16(19)14-4-6-15(17)7-5-14;;/h4-10,13H,1-3H3;1H;1H2/q+1;;. The van der Waals surface area contributed by atoms with E-state index in [1.54, 1.807) is 24.3 Å². The number of carbonyl (C=O) groups is 1. The summed E-state index contributed by atoms with van der Waals surface area (Å²) in [6.07, 6.45) is 3.98. The Hall–Kier alpha value is -1.23. The second kappa shape index (κ2) is 8.27. The van der Waals surface area contributed by atoms with E-state index in [1.165, 1.54) is 0 Å². The summed E-state index contributed by atoms with van der Waals surface area (Å²) in [6, 6.07) is 8.89. The van der Waals surface area contributed by atoms with Crippen LogP contribution in [0.5, 0.6) is 0 Å². The van der Waals surface area contributed by atoms with Gasteiger partial charge in [0.1, 0.15) is 0 Å². The van der Waals surface area contributed by atoms with Crippen molar-refractivity contribution in [1.82, 2.24) is 0 Å². The number of nitrogens with zero attached hydrogens (tertiary/aromatic N) is 1. The highest BCUT2D eigenvalue weighted by atomic mass is 79.9. The molecule has 0 spiro atoms. The molecule has 2 rings (SSSR count). The lowest BCUT2D eigenvalue weighted by Crippen LogP contribution is -2.42. The average Bonchev–Trinajstić information content (AvgIpc) is 2.37. The van der Waals surface area contributed by atoms with Gasteiger partial charge in [0.25, 0.3) is 0 Å². The number of benzene rings is 1. The zero-order valence-electron chi connectivity index (χ0n) is 12.3. The Balaban J connectivity index is 0.00000200. The van der Waals surface area contributed by atoms with E-state index in [0.717, 1.165) is 11.1 Å². The summed E-state index contributed by atoms with van der Waals surface area (Å²) in [5.41, 5.74) is 2.98. The van der Waals surface area contributed by atoms with Gasteiger partial charge in [-0.25, -0.2) is 0 Å². The van der Waals surface area contributed by atoms with Gasteiger partial charge in [0, 0.05) is 28.6 Å². The van der Waals surface area contributed by atoms with Crippen molar-refractivity contribution in [1.29, 1.82) is 0 Å². The predicted octanol–water partition coefficient (Wildman–Crippen LogP) is 3.44. The van der Waals surface area contributed by atoms with Crippen LogP contribution < -0.4 is 4.57 Å². The molecule has 114 valence electrons. The molecule has 0 aliphatic carbocycles. The van der Waals surface area contributed by atoms with Crippen LogP contribution in [0.25, 0.3) is 0 Å². The summed E-state index contributed by atoms with van der Waals surface area (Å²) in [6.45, 7) is 5.97. The molecule has 0 aliphatic rings. The molecule has 21 heavy (non-hydrogen) atoms. The van der Waals surface area contributed by atoms with Crippen molar-refractivity contribution in [3.63, 3.8) is 0 Å². The lowest BCUT2D eigenvalue weighted by molar-refractivity contribution is -0.705. The van der Waals surface area contributed by atoms with Crippen molar-refractivity contribution in [2.45, 2.75) is 26.8 Å². The maximum absolute atomic E-state index is 12.4. The molecule has 0 amide bonds. The topological polar surface area (TPSA) is 52.5 Å².